The Hall–Kier alpha value is -1.89. The summed E-state index contributed by atoms with van der Waals surface area (Å²) in [5.74, 6) is 0.125. The molecular formula is C18H25N3O3S. The number of sulfonamides is 1. The summed E-state index contributed by atoms with van der Waals surface area (Å²) < 4.78 is 27.0. The Bertz CT molecular complexity index is 796. The van der Waals surface area contributed by atoms with Crippen LogP contribution in [0.25, 0.3) is 0 Å². The van der Waals surface area contributed by atoms with Crippen LogP contribution in [0.2, 0.25) is 0 Å². The van der Waals surface area contributed by atoms with Crippen LogP contribution in [0.3, 0.4) is 0 Å². The van der Waals surface area contributed by atoms with Crippen molar-refractivity contribution < 1.29 is 13.2 Å². The molecule has 0 spiro atoms. The van der Waals surface area contributed by atoms with Crippen LogP contribution >= 0.6 is 0 Å². The normalized spacial score (nSPS) is 23.0. The van der Waals surface area contributed by atoms with Crippen molar-refractivity contribution in [1.29, 1.82) is 0 Å². The van der Waals surface area contributed by atoms with Crippen molar-refractivity contribution in [2.75, 3.05) is 6.54 Å². The van der Waals surface area contributed by atoms with Crippen LogP contribution in [0.15, 0.2) is 34.2 Å². The largest absolute Gasteiger partial charge is 0.355 e. The number of likely N-dealkylation sites (N-methyl/N-ethyl adjacent to an activating group) is 1. The van der Waals surface area contributed by atoms with Gasteiger partial charge in [0.25, 0.3) is 10.0 Å². The van der Waals surface area contributed by atoms with E-state index in [0.717, 1.165) is 12.8 Å². The Morgan fingerprint density at radius 1 is 1.32 bits per heavy atom. The lowest BCUT2D eigenvalue weighted by atomic mass is 9.82. The van der Waals surface area contributed by atoms with E-state index >= 15 is 0 Å². The molecule has 1 aliphatic heterocycles. The Balaban J connectivity index is 1.94. The fourth-order valence-corrected chi connectivity index (χ4v) is 5.01. The lowest BCUT2D eigenvalue weighted by Crippen LogP contribution is -2.38. The highest BCUT2D eigenvalue weighted by atomic mass is 32.2. The number of amidine groups is 1. The molecule has 0 aromatic heterocycles. The second-order valence-electron chi connectivity index (χ2n) is 7.21. The van der Waals surface area contributed by atoms with Gasteiger partial charge in [-0.25, -0.2) is 8.42 Å². The molecule has 1 saturated carbocycles. The monoisotopic (exact) mass is 363 g/mol. The minimum Gasteiger partial charge on any atom is -0.355 e. The van der Waals surface area contributed by atoms with Gasteiger partial charge in [-0.15, -0.1) is 0 Å². The molecule has 0 unspecified atom stereocenters. The zero-order valence-corrected chi connectivity index (χ0v) is 15.5. The fraction of sp³-hybridized carbons (Fsp3) is 0.556. The summed E-state index contributed by atoms with van der Waals surface area (Å²) in [5.41, 5.74) is 0.616. The van der Waals surface area contributed by atoms with Gasteiger partial charge in [0.2, 0.25) is 5.91 Å². The van der Waals surface area contributed by atoms with E-state index in [2.05, 4.69) is 22.0 Å². The Morgan fingerprint density at radius 2 is 2.00 bits per heavy atom. The summed E-state index contributed by atoms with van der Waals surface area (Å²) in [5, 5.41) is 2.83. The Kier molecular flexibility index (Phi) is 4.86. The van der Waals surface area contributed by atoms with Crippen LogP contribution in [0.5, 0.6) is 0 Å². The molecule has 1 fully saturated rings. The zero-order valence-electron chi connectivity index (χ0n) is 14.7. The van der Waals surface area contributed by atoms with E-state index < -0.39 is 16.1 Å². The number of carbonyl (C=O) groups is 1. The predicted molar refractivity (Wildman–Crippen MR) is 97.0 cm³/mol. The number of hydrogen-bond donors (Lipinski definition) is 2. The summed E-state index contributed by atoms with van der Waals surface area (Å²) in [7, 11) is -3.59. The zero-order chi connectivity index (χ0) is 18.1. The fourth-order valence-electron chi connectivity index (χ4n) is 3.77. The highest BCUT2D eigenvalue weighted by molar-refractivity contribution is 7.90. The molecule has 0 saturated heterocycles. The third-order valence-corrected chi connectivity index (χ3v) is 6.50. The summed E-state index contributed by atoms with van der Waals surface area (Å²) in [4.78, 5) is 17.3. The van der Waals surface area contributed by atoms with Gasteiger partial charge in [-0.05, 0) is 43.7 Å². The minimum absolute atomic E-state index is 0.0802. The lowest BCUT2D eigenvalue weighted by Gasteiger charge is -2.27. The molecule has 1 amide bonds. The van der Waals surface area contributed by atoms with Gasteiger partial charge in [-0.3, -0.25) is 14.5 Å². The molecule has 1 aromatic carbocycles. The molecule has 7 heteroatoms. The molecule has 1 atom stereocenters. The van der Waals surface area contributed by atoms with Crippen LogP contribution in [0.4, 0.5) is 0 Å². The van der Waals surface area contributed by atoms with Crippen LogP contribution in [-0.2, 0) is 14.8 Å². The van der Waals surface area contributed by atoms with Crippen molar-refractivity contribution in [3.8, 4) is 0 Å². The van der Waals surface area contributed by atoms with E-state index in [4.69, 9.17) is 0 Å². The second-order valence-corrected chi connectivity index (χ2v) is 8.86. The molecule has 1 heterocycles. The standard InChI is InChI=1S/C18H25N3O3S/c1-3-19-17(22)14(12-18(2)10-6-7-11-18)20-16-13-8-4-5-9-15(13)25(23,24)21-16/h4-5,8-9,14H,3,6-7,10-12H2,1-2H3,(H,19,22)(H,20,21)/t14-/m0/s1. The molecule has 25 heavy (non-hydrogen) atoms. The number of rotatable bonds is 5. The number of aliphatic imine (C=N–C) groups is 1. The molecule has 2 N–H and O–H groups in total. The van der Waals surface area contributed by atoms with Crippen LogP contribution in [0, 0.1) is 5.41 Å². The number of nitrogens with zero attached hydrogens (tertiary/aromatic N) is 1. The number of amides is 1. The quantitative estimate of drug-likeness (QED) is 0.841. The van der Waals surface area contributed by atoms with Crippen molar-refractivity contribution in [2.45, 2.75) is 56.9 Å². The van der Waals surface area contributed by atoms with Gasteiger partial charge in [0.05, 0.1) is 4.90 Å². The maximum absolute atomic E-state index is 12.5. The number of nitrogens with one attached hydrogen (secondary N) is 2. The Labute approximate surface area is 149 Å². The molecule has 1 aromatic rings. The van der Waals surface area contributed by atoms with Gasteiger partial charge >= 0.3 is 0 Å². The van der Waals surface area contributed by atoms with Gasteiger partial charge in [0.15, 0.2) is 0 Å². The highest BCUT2D eigenvalue weighted by Crippen LogP contribution is 2.42. The van der Waals surface area contributed by atoms with Gasteiger partial charge in [-0.1, -0.05) is 31.9 Å². The summed E-state index contributed by atoms with van der Waals surface area (Å²) in [6.07, 6.45) is 5.13. The predicted octanol–water partition coefficient (Wildman–Crippen LogP) is 2.20. The van der Waals surface area contributed by atoms with Crippen molar-refractivity contribution in [3.63, 3.8) is 0 Å². The van der Waals surface area contributed by atoms with Crippen LogP contribution in [0.1, 0.15) is 51.5 Å². The molecule has 1 aliphatic carbocycles. The van der Waals surface area contributed by atoms with Gasteiger partial charge < -0.3 is 5.32 Å². The van der Waals surface area contributed by atoms with Crippen LogP contribution in [-0.4, -0.2) is 32.7 Å². The maximum atomic E-state index is 12.5. The van der Waals surface area contributed by atoms with Crippen LogP contribution < -0.4 is 10.0 Å². The first-order chi connectivity index (χ1) is 11.8. The van der Waals surface area contributed by atoms with Gasteiger partial charge in [0.1, 0.15) is 11.9 Å². The maximum Gasteiger partial charge on any atom is 0.263 e. The number of fused-ring (bicyclic) bond motifs is 1. The summed E-state index contributed by atoms with van der Waals surface area (Å²) in [6, 6.07) is 6.14. The number of hydrogen-bond acceptors (Lipinski definition) is 4. The average molecular weight is 363 g/mol. The first-order valence-corrected chi connectivity index (χ1v) is 10.3. The van der Waals surface area contributed by atoms with Crippen molar-refractivity contribution >= 4 is 21.8 Å². The first-order valence-electron chi connectivity index (χ1n) is 8.82. The van der Waals surface area contributed by atoms with E-state index in [1.165, 1.54) is 12.8 Å². The molecule has 2 aliphatic rings. The smallest absolute Gasteiger partial charge is 0.263 e. The molecule has 3 rings (SSSR count). The third kappa shape index (κ3) is 3.71. The topological polar surface area (TPSA) is 87.6 Å². The molecule has 0 bridgehead atoms. The molecule has 136 valence electrons. The highest BCUT2D eigenvalue weighted by Gasteiger charge is 2.36. The van der Waals surface area contributed by atoms with Crippen molar-refractivity contribution in [2.24, 2.45) is 10.4 Å². The van der Waals surface area contributed by atoms with E-state index in [9.17, 15) is 13.2 Å². The SMILES string of the molecule is CCNC(=O)[C@H](CC1(C)CCCC1)N=C1NS(=O)(=O)c2ccccc21. The number of benzene rings is 1. The number of carbonyl (C=O) groups excluding carboxylic acids is 1. The minimum atomic E-state index is -3.59. The molecule has 0 radical (unpaired) electrons. The van der Waals surface area contributed by atoms with Gasteiger partial charge in [-0.2, -0.15) is 0 Å². The van der Waals surface area contributed by atoms with E-state index in [-0.39, 0.29) is 22.1 Å². The van der Waals surface area contributed by atoms with Gasteiger partial charge in [0, 0.05) is 12.1 Å². The third-order valence-electron chi connectivity index (χ3n) is 5.10. The Morgan fingerprint density at radius 3 is 2.68 bits per heavy atom. The van der Waals surface area contributed by atoms with Crippen molar-refractivity contribution in [1.82, 2.24) is 10.0 Å². The lowest BCUT2D eigenvalue weighted by molar-refractivity contribution is -0.122. The molecular weight excluding hydrogens is 338 g/mol. The van der Waals surface area contributed by atoms with E-state index in [1.807, 2.05) is 6.92 Å². The molecule has 6 nitrogen and oxygen atoms in total. The van der Waals surface area contributed by atoms with E-state index in [0.29, 0.717) is 18.5 Å². The first kappa shape index (κ1) is 17.9. The summed E-state index contributed by atoms with van der Waals surface area (Å²) >= 11 is 0. The second kappa shape index (κ2) is 6.78. The van der Waals surface area contributed by atoms with Crippen molar-refractivity contribution in [3.05, 3.63) is 29.8 Å². The average Bonchev–Trinajstić information content (AvgIpc) is 3.10. The van der Waals surface area contributed by atoms with E-state index in [1.54, 1.807) is 24.3 Å². The summed E-state index contributed by atoms with van der Waals surface area (Å²) in [6.45, 7) is 4.59.